The molecule has 0 aliphatic heterocycles. The Morgan fingerprint density at radius 3 is 3.00 bits per heavy atom. The Bertz CT molecular complexity index is 592. The van der Waals surface area contributed by atoms with Gasteiger partial charge in [-0.1, -0.05) is 6.42 Å². The summed E-state index contributed by atoms with van der Waals surface area (Å²) in [5.41, 5.74) is -0.520. The SMILES string of the molecule is COC1CCCCC1(O)c1cc2cc(F)ccc2o1. The fourth-order valence-corrected chi connectivity index (χ4v) is 2.95. The monoisotopic (exact) mass is 264 g/mol. The van der Waals surface area contributed by atoms with Crippen LogP contribution in [0.2, 0.25) is 0 Å². The Morgan fingerprint density at radius 1 is 1.37 bits per heavy atom. The van der Waals surface area contributed by atoms with Crippen LogP contribution in [0, 0.1) is 5.82 Å². The van der Waals surface area contributed by atoms with E-state index in [-0.39, 0.29) is 11.9 Å². The standard InChI is InChI=1S/C15H17FO3/c1-18-13-4-2-3-7-15(13,17)14-9-10-8-11(16)5-6-12(10)19-14/h5-6,8-9,13,17H,2-4,7H2,1H3. The van der Waals surface area contributed by atoms with Crippen LogP contribution < -0.4 is 0 Å². The minimum atomic E-state index is -1.11. The van der Waals surface area contributed by atoms with E-state index in [1.165, 1.54) is 12.1 Å². The van der Waals surface area contributed by atoms with Gasteiger partial charge in [-0.25, -0.2) is 4.39 Å². The molecule has 1 aliphatic carbocycles. The molecule has 0 amide bonds. The molecule has 0 saturated heterocycles. The first-order valence-electron chi connectivity index (χ1n) is 6.58. The van der Waals surface area contributed by atoms with Gasteiger partial charge in [0.05, 0.1) is 6.10 Å². The molecule has 1 saturated carbocycles. The third-order valence-corrected chi connectivity index (χ3v) is 4.00. The van der Waals surface area contributed by atoms with Crippen LogP contribution in [0.1, 0.15) is 31.4 Å². The molecular formula is C15H17FO3. The maximum absolute atomic E-state index is 13.2. The molecule has 2 atom stereocenters. The smallest absolute Gasteiger partial charge is 0.148 e. The van der Waals surface area contributed by atoms with Gasteiger partial charge in [-0.3, -0.25) is 0 Å². The van der Waals surface area contributed by atoms with Gasteiger partial charge in [-0.05, 0) is 43.5 Å². The number of halogens is 1. The maximum atomic E-state index is 13.2. The van der Waals surface area contributed by atoms with Gasteiger partial charge in [0.15, 0.2) is 0 Å². The molecule has 0 radical (unpaired) electrons. The average Bonchev–Trinajstić information content (AvgIpc) is 2.83. The molecule has 1 aromatic heterocycles. The van der Waals surface area contributed by atoms with E-state index in [1.807, 2.05) is 0 Å². The number of benzene rings is 1. The summed E-state index contributed by atoms with van der Waals surface area (Å²) in [7, 11) is 1.60. The summed E-state index contributed by atoms with van der Waals surface area (Å²) >= 11 is 0. The Balaban J connectivity index is 2.06. The van der Waals surface area contributed by atoms with Crippen molar-refractivity contribution in [3.8, 4) is 0 Å². The molecule has 102 valence electrons. The van der Waals surface area contributed by atoms with E-state index in [9.17, 15) is 9.50 Å². The van der Waals surface area contributed by atoms with Crippen LogP contribution in [0.4, 0.5) is 4.39 Å². The molecule has 4 heteroatoms. The minimum Gasteiger partial charge on any atom is -0.458 e. The van der Waals surface area contributed by atoms with Crippen LogP contribution in [-0.2, 0) is 10.3 Å². The molecular weight excluding hydrogens is 247 g/mol. The Hall–Kier alpha value is -1.39. The van der Waals surface area contributed by atoms with Crippen LogP contribution in [0.15, 0.2) is 28.7 Å². The van der Waals surface area contributed by atoms with Gasteiger partial charge < -0.3 is 14.3 Å². The van der Waals surface area contributed by atoms with E-state index in [4.69, 9.17) is 9.15 Å². The number of rotatable bonds is 2. The fourth-order valence-electron chi connectivity index (χ4n) is 2.95. The largest absolute Gasteiger partial charge is 0.458 e. The normalized spacial score (nSPS) is 27.8. The van der Waals surface area contributed by atoms with Crippen molar-refractivity contribution in [2.45, 2.75) is 37.4 Å². The molecule has 3 nitrogen and oxygen atoms in total. The van der Waals surface area contributed by atoms with Crippen molar-refractivity contribution in [2.75, 3.05) is 7.11 Å². The first-order valence-corrected chi connectivity index (χ1v) is 6.58. The second-order valence-electron chi connectivity index (χ2n) is 5.19. The van der Waals surface area contributed by atoms with Crippen molar-refractivity contribution < 1.29 is 18.7 Å². The van der Waals surface area contributed by atoms with Crippen molar-refractivity contribution >= 4 is 11.0 Å². The number of aliphatic hydroxyl groups is 1. The summed E-state index contributed by atoms with van der Waals surface area (Å²) in [5.74, 6) is 0.165. The Labute approximate surface area is 111 Å². The maximum Gasteiger partial charge on any atom is 0.148 e. The van der Waals surface area contributed by atoms with Crippen LogP contribution >= 0.6 is 0 Å². The lowest BCUT2D eigenvalue weighted by Crippen LogP contribution is -2.43. The lowest BCUT2D eigenvalue weighted by atomic mass is 9.80. The Kier molecular flexibility index (Phi) is 3.07. The molecule has 1 aliphatic rings. The average molecular weight is 264 g/mol. The van der Waals surface area contributed by atoms with E-state index >= 15 is 0 Å². The second kappa shape index (κ2) is 4.62. The first kappa shape index (κ1) is 12.6. The van der Waals surface area contributed by atoms with Gasteiger partial charge in [-0.15, -0.1) is 0 Å². The number of fused-ring (bicyclic) bond motifs is 1. The lowest BCUT2D eigenvalue weighted by Gasteiger charge is -2.37. The number of ether oxygens (including phenoxy) is 1. The molecule has 2 unspecified atom stereocenters. The molecule has 1 aromatic carbocycles. The molecule has 1 fully saturated rings. The van der Waals surface area contributed by atoms with Crippen molar-refractivity contribution in [1.29, 1.82) is 0 Å². The van der Waals surface area contributed by atoms with E-state index < -0.39 is 5.60 Å². The van der Waals surface area contributed by atoms with Crippen LogP contribution in [0.25, 0.3) is 11.0 Å². The van der Waals surface area contributed by atoms with Gasteiger partial charge in [0.25, 0.3) is 0 Å². The van der Waals surface area contributed by atoms with E-state index in [1.54, 1.807) is 19.2 Å². The number of hydrogen-bond donors (Lipinski definition) is 1. The summed E-state index contributed by atoms with van der Waals surface area (Å²) in [6, 6.07) is 6.07. The zero-order valence-corrected chi connectivity index (χ0v) is 10.9. The zero-order valence-electron chi connectivity index (χ0n) is 10.9. The predicted molar refractivity (Wildman–Crippen MR) is 69.3 cm³/mol. The third kappa shape index (κ3) is 2.05. The van der Waals surface area contributed by atoms with Gasteiger partial charge >= 0.3 is 0 Å². The quantitative estimate of drug-likeness (QED) is 0.904. The summed E-state index contributed by atoms with van der Waals surface area (Å²) in [6.45, 7) is 0. The fraction of sp³-hybridized carbons (Fsp3) is 0.467. The van der Waals surface area contributed by atoms with E-state index in [0.29, 0.717) is 23.2 Å². The third-order valence-electron chi connectivity index (χ3n) is 4.00. The highest BCUT2D eigenvalue weighted by atomic mass is 19.1. The van der Waals surface area contributed by atoms with Crippen LogP contribution in [-0.4, -0.2) is 18.3 Å². The van der Waals surface area contributed by atoms with Crippen molar-refractivity contribution in [1.82, 2.24) is 0 Å². The number of methoxy groups -OCH3 is 1. The number of hydrogen-bond acceptors (Lipinski definition) is 3. The van der Waals surface area contributed by atoms with Crippen LogP contribution in [0.5, 0.6) is 0 Å². The lowest BCUT2D eigenvalue weighted by molar-refractivity contribution is -0.132. The number of furan rings is 1. The van der Waals surface area contributed by atoms with Crippen molar-refractivity contribution in [3.63, 3.8) is 0 Å². The predicted octanol–water partition coefficient (Wildman–Crippen LogP) is 3.35. The molecule has 2 aromatic rings. The highest BCUT2D eigenvalue weighted by molar-refractivity contribution is 5.78. The molecule has 0 spiro atoms. The highest BCUT2D eigenvalue weighted by Crippen LogP contribution is 2.40. The summed E-state index contributed by atoms with van der Waals surface area (Å²) in [5, 5.41) is 11.5. The molecule has 19 heavy (non-hydrogen) atoms. The minimum absolute atomic E-state index is 0.272. The second-order valence-corrected chi connectivity index (χ2v) is 5.19. The topological polar surface area (TPSA) is 42.6 Å². The first-order chi connectivity index (χ1) is 9.13. The molecule has 1 N–H and O–H groups in total. The molecule has 1 heterocycles. The van der Waals surface area contributed by atoms with E-state index in [2.05, 4.69) is 0 Å². The highest BCUT2D eigenvalue weighted by Gasteiger charge is 2.43. The van der Waals surface area contributed by atoms with Crippen molar-refractivity contribution in [3.05, 3.63) is 35.8 Å². The summed E-state index contributed by atoms with van der Waals surface area (Å²) < 4.78 is 24.3. The van der Waals surface area contributed by atoms with Gasteiger partial charge in [0.1, 0.15) is 22.8 Å². The van der Waals surface area contributed by atoms with Gasteiger partial charge in [-0.2, -0.15) is 0 Å². The Morgan fingerprint density at radius 2 is 2.21 bits per heavy atom. The summed E-state index contributed by atoms with van der Waals surface area (Å²) in [6.07, 6.45) is 3.11. The van der Waals surface area contributed by atoms with Crippen molar-refractivity contribution in [2.24, 2.45) is 0 Å². The van der Waals surface area contributed by atoms with Gasteiger partial charge in [0.2, 0.25) is 0 Å². The molecule has 0 bridgehead atoms. The van der Waals surface area contributed by atoms with Gasteiger partial charge in [0, 0.05) is 12.5 Å². The van der Waals surface area contributed by atoms with E-state index in [0.717, 1.165) is 19.3 Å². The van der Waals surface area contributed by atoms with Crippen LogP contribution in [0.3, 0.4) is 0 Å². The summed E-state index contributed by atoms with van der Waals surface area (Å²) in [4.78, 5) is 0. The zero-order chi connectivity index (χ0) is 13.5. The molecule has 3 rings (SSSR count).